The van der Waals surface area contributed by atoms with E-state index >= 15 is 0 Å². The number of nitrogens with zero attached hydrogens (tertiary/aromatic N) is 1. The van der Waals surface area contributed by atoms with E-state index in [1.165, 1.54) is 29.4 Å². The maximum atomic E-state index is 3.60. The summed E-state index contributed by atoms with van der Waals surface area (Å²) in [6, 6.07) is 9.31. The van der Waals surface area contributed by atoms with Crippen molar-refractivity contribution >= 4 is 15.9 Å². The predicted molar refractivity (Wildman–Crippen MR) is 76.1 cm³/mol. The fourth-order valence-electron chi connectivity index (χ4n) is 2.47. The van der Waals surface area contributed by atoms with Crippen LogP contribution in [0.5, 0.6) is 0 Å². The molecule has 0 aliphatic carbocycles. The molecule has 3 heteroatoms. The average molecular weight is 297 g/mol. The number of nitrogens with one attached hydrogen (secondary N) is 1. The summed E-state index contributed by atoms with van der Waals surface area (Å²) in [5.41, 5.74) is 1.40. The number of rotatable bonds is 4. The molecule has 1 N–H and O–H groups in total. The molecular weight excluding hydrogens is 276 g/mol. The predicted octanol–water partition coefficient (Wildman–Crippen LogP) is 3.02. The van der Waals surface area contributed by atoms with Gasteiger partial charge in [0.2, 0.25) is 0 Å². The summed E-state index contributed by atoms with van der Waals surface area (Å²) in [4.78, 5) is 2.55. The Labute approximate surface area is 113 Å². The lowest BCUT2D eigenvalue weighted by atomic mass is 10.1. The lowest BCUT2D eigenvalue weighted by Crippen LogP contribution is -2.50. The summed E-state index contributed by atoms with van der Waals surface area (Å²) in [6.45, 7) is 6.79. The molecule has 17 heavy (non-hydrogen) atoms. The van der Waals surface area contributed by atoms with Crippen molar-refractivity contribution in [3.63, 3.8) is 0 Å². The fourth-order valence-corrected chi connectivity index (χ4v) is 2.92. The molecule has 1 aliphatic heterocycles. The third kappa shape index (κ3) is 4.09. The van der Waals surface area contributed by atoms with Gasteiger partial charge in [0.1, 0.15) is 0 Å². The second kappa shape index (κ2) is 6.53. The zero-order valence-corrected chi connectivity index (χ0v) is 12.0. The molecule has 1 fully saturated rings. The van der Waals surface area contributed by atoms with Gasteiger partial charge in [-0.25, -0.2) is 0 Å². The summed E-state index contributed by atoms with van der Waals surface area (Å²) in [5.74, 6) is 0. The van der Waals surface area contributed by atoms with E-state index < -0.39 is 0 Å². The number of hydrogen-bond donors (Lipinski definition) is 1. The number of benzene rings is 1. The molecule has 1 aromatic carbocycles. The van der Waals surface area contributed by atoms with Crippen LogP contribution in [0.15, 0.2) is 28.7 Å². The van der Waals surface area contributed by atoms with Crippen LogP contribution in [0.1, 0.15) is 25.3 Å². The molecule has 0 spiro atoms. The second-order valence-electron chi connectivity index (χ2n) is 4.80. The zero-order valence-electron chi connectivity index (χ0n) is 10.5. The van der Waals surface area contributed by atoms with Crippen LogP contribution in [0, 0.1) is 0 Å². The van der Waals surface area contributed by atoms with Gasteiger partial charge in [-0.3, -0.25) is 4.90 Å². The minimum absolute atomic E-state index is 0.681. The number of halogens is 1. The number of hydrogen-bond acceptors (Lipinski definition) is 2. The highest BCUT2D eigenvalue weighted by atomic mass is 79.9. The van der Waals surface area contributed by atoms with Crippen LogP contribution in [0.2, 0.25) is 0 Å². The third-order valence-electron chi connectivity index (χ3n) is 3.27. The SMILES string of the molecule is CCCC1CN(Cc2cccc(Br)c2)CCN1. The zero-order chi connectivity index (χ0) is 12.1. The monoisotopic (exact) mass is 296 g/mol. The van der Waals surface area contributed by atoms with E-state index in [0.717, 1.165) is 19.6 Å². The molecule has 2 nitrogen and oxygen atoms in total. The first kappa shape index (κ1) is 13.1. The van der Waals surface area contributed by atoms with E-state index in [2.05, 4.69) is 57.3 Å². The Morgan fingerprint density at radius 3 is 3.12 bits per heavy atom. The van der Waals surface area contributed by atoms with Crippen molar-refractivity contribution in [3.8, 4) is 0 Å². The minimum Gasteiger partial charge on any atom is -0.311 e. The Morgan fingerprint density at radius 1 is 1.47 bits per heavy atom. The smallest absolute Gasteiger partial charge is 0.0235 e. The highest BCUT2D eigenvalue weighted by Crippen LogP contribution is 2.15. The van der Waals surface area contributed by atoms with Gasteiger partial charge in [0, 0.05) is 36.7 Å². The van der Waals surface area contributed by atoms with Gasteiger partial charge in [-0.05, 0) is 24.1 Å². The largest absolute Gasteiger partial charge is 0.311 e. The summed E-state index contributed by atoms with van der Waals surface area (Å²) in [7, 11) is 0. The van der Waals surface area contributed by atoms with Crippen molar-refractivity contribution < 1.29 is 0 Å². The first-order valence-corrected chi connectivity index (χ1v) is 7.27. The lowest BCUT2D eigenvalue weighted by Gasteiger charge is -2.33. The summed E-state index contributed by atoms with van der Waals surface area (Å²) < 4.78 is 1.18. The lowest BCUT2D eigenvalue weighted by molar-refractivity contribution is 0.187. The molecule has 1 heterocycles. The van der Waals surface area contributed by atoms with Gasteiger partial charge >= 0.3 is 0 Å². The molecule has 1 unspecified atom stereocenters. The fraction of sp³-hybridized carbons (Fsp3) is 0.571. The normalized spacial score (nSPS) is 21.6. The van der Waals surface area contributed by atoms with Crippen LogP contribution in [-0.4, -0.2) is 30.6 Å². The van der Waals surface area contributed by atoms with Gasteiger partial charge in [-0.1, -0.05) is 41.4 Å². The quantitative estimate of drug-likeness (QED) is 0.919. The Bertz CT molecular complexity index is 352. The Morgan fingerprint density at radius 2 is 2.35 bits per heavy atom. The van der Waals surface area contributed by atoms with Gasteiger partial charge < -0.3 is 5.32 Å². The maximum absolute atomic E-state index is 3.60. The topological polar surface area (TPSA) is 15.3 Å². The van der Waals surface area contributed by atoms with E-state index in [1.807, 2.05) is 0 Å². The van der Waals surface area contributed by atoms with Gasteiger partial charge in [0.25, 0.3) is 0 Å². The summed E-state index contributed by atoms with van der Waals surface area (Å²) >= 11 is 3.53. The molecule has 1 atom stereocenters. The first-order chi connectivity index (χ1) is 8.28. The highest BCUT2D eigenvalue weighted by Gasteiger charge is 2.18. The van der Waals surface area contributed by atoms with E-state index in [9.17, 15) is 0 Å². The third-order valence-corrected chi connectivity index (χ3v) is 3.77. The van der Waals surface area contributed by atoms with Crippen molar-refractivity contribution in [2.24, 2.45) is 0 Å². The molecular formula is C14H21BrN2. The van der Waals surface area contributed by atoms with Gasteiger partial charge in [0.15, 0.2) is 0 Å². The molecule has 94 valence electrons. The van der Waals surface area contributed by atoms with Crippen LogP contribution in [0.3, 0.4) is 0 Å². The van der Waals surface area contributed by atoms with Crippen LogP contribution in [0.4, 0.5) is 0 Å². The second-order valence-corrected chi connectivity index (χ2v) is 5.72. The standard InChI is InChI=1S/C14H21BrN2/c1-2-4-14-11-17(8-7-16-14)10-12-5-3-6-13(15)9-12/h3,5-6,9,14,16H,2,4,7-8,10-11H2,1H3. The Kier molecular flexibility index (Phi) is 5.01. The van der Waals surface area contributed by atoms with E-state index in [-0.39, 0.29) is 0 Å². The van der Waals surface area contributed by atoms with Crippen LogP contribution in [-0.2, 0) is 6.54 Å². The van der Waals surface area contributed by atoms with E-state index in [4.69, 9.17) is 0 Å². The molecule has 2 rings (SSSR count). The Hall–Kier alpha value is -0.380. The average Bonchev–Trinajstić information content (AvgIpc) is 2.30. The van der Waals surface area contributed by atoms with Crippen LogP contribution >= 0.6 is 15.9 Å². The first-order valence-electron chi connectivity index (χ1n) is 6.48. The molecule has 0 bridgehead atoms. The van der Waals surface area contributed by atoms with E-state index in [1.54, 1.807) is 0 Å². The van der Waals surface area contributed by atoms with Gasteiger partial charge in [-0.15, -0.1) is 0 Å². The van der Waals surface area contributed by atoms with Crippen molar-refractivity contribution in [3.05, 3.63) is 34.3 Å². The summed E-state index contributed by atoms with van der Waals surface area (Å²) in [5, 5.41) is 3.60. The maximum Gasteiger partial charge on any atom is 0.0235 e. The Balaban J connectivity index is 1.90. The van der Waals surface area contributed by atoms with Crippen LogP contribution in [0.25, 0.3) is 0 Å². The molecule has 1 saturated heterocycles. The molecule has 0 saturated carbocycles. The molecule has 0 aromatic heterocycles. The van der Waals surface area contributed by atoms with Crippen molar-refractivity contribution in [2.75, 3.05) is 19.6 Å². The van der Waals surface area contributed by atoms with Gasteiger partial charge in [-0.2, -0.15) is 0 Å². The molecule has 1 aromatic rings. The highest BCUT2D eigenvalue weighted by molar-refractivity contribution is 9.10. The summed E-state index contributed by atoms with van der Waals surface area (Å²) in [6.07, 6.45) is 2.55. The van der Waals surface area contributed by atoms with Crippen molar-refractivity contribution in [1.82, 2.24) is 10.2 Å². The van der Waals surface area contributed by atoms with E-state index in [0.29, 0.717) is 6.04 Å². The molecule has 0 radical (unpaired) electrons. The van der Waals surface area contributed by atoms with Crippen LogP contribution < -0.4 is 5.32 Å². The molecule has 0 amide bonds. The van der Waals surface area contributed by atoms with Gasteiger partial charge in [0.05, 0.1) is 0 Å². The van der Waals surface area contributed by atoms with Crippen molar-refractivity contribution in [1.29, 1.82) is 0 Å². The molecule has 1 aliphatic rings. The number of piperazine rings is 1. The van der Waals surface area contributed by atoms with Crippen molar-refractivity contribution in [2.45, 2.75) is 32.4 Å². The minimum atomic E-state index is 0.681.